The van der Waals surface area contributed by atoms with E-state index in [9.17, 15) is 0 Å². The molecule has 0 N–H and O–H groups in total. The smallest absolute Gasteiger partial charge is 0.171 e. The van der Waals surface area contributed by atoms with Crippen LogP contribution in [0.25, 0.3) is 0 Å². The number of hydrogen-bond donors (Lipinski definition) is 0. The summed E-state index contributed by atoms with van der Waals surface area (Å²) in [6, 6.07) is 0. The van der Waals surface area contributed by atoms with Gasteiger partial charge in [0.05, 0.1) is 13.2 Å². The molecule has 0 saturated carbocycles. The molecule has 112 valence electrons. The van der Waals surface area contributed by atoms with E-state index >= 15 is 0 Å². The van der Waals surface area contributed by atoms with Crippen LogP contribution in [0, 0.1) is 5.41 Å². The summed E-state index contributed by atoms with van der Waals surface area (Å²) in [7, 11) is 2.21. The fourth-order valence-corrected chi connectivity index (χ4v) is 3.54. The highest BCUT2D eigenvalue weighted by Crippen LogP contribution is 2.48. The van der Waals surface area contributed by atoms with Crippen LogP contribution >= 0.6 is 0 Å². The number of piperidine rings is 1. The average Bonchev–Trinajstić information content (AvgIpc) is 2.30. The number of ether oxygens (including phenoxy) is 2. The lowest BCUT2D eigenvalue weighted by molar-refractivity contribution is -0.339. The fourth-order valence-electron chi connectivity index (χ4n) is 3.54. The Labute approximate surface area is 118 Å². The highest BCUT2D eigenvalue weighted by atomic mass is 16.7. The lowest BCUT2D eigenvalue weighted by Crippen LogP contribution is -2.67. The maximum Gasteiger partial charge on any atom is 0.171 e. The molecule has 0 aliphatic carbocycles. The van der Waals surface area contributed by atoms with Crippen LogP contribution in [0.4, 0.5) is 0 Å². The zero-order valence-electron chi connectivity index (χ0n) is 13.8. The Hall–Kier alpha value is -0.120. The van der Waals surface area contributed by atoms with E-state index in [2.05, 4.69) is 53.5 Å². The van der Waals surface area contributed by atoms with Crippen molar-refractivity contribution in [1.82, 2.24) is 4.90 Å². The Morgan fingerprint density at radius 1 is 0.895 bits per heavy atom. The second-order valence-electron chi connectivity index (χ2n) is 8.19. The van der Waals surface area contributed by atoms with Gasteiger partial charge in [0, 0.05) is 29.3 Å². The third-order valence-corrected chi connectivity index (χ3v) is 5.44. The maximum atomic E-state index is 6.28. The van der Waals surface area contributed by atoms with Gasteiger partial charge in [-0.1, -0.05) is 13.8 Å². The van der Waals surface area contributed by atoms with Gasteiger partial charge in [-0.3, -0.25) is 4.90 Å². The van der Waals surface area contributed by atoms with Crippen molar-refractivity contribution in [2.24, 2.45) is 5.41 Å². The van der Waals surface area contributed by atoms with Gasteiger partial charge < -0.3 is 9.47 Å². The summed E-state index contributed by atoms with van der Waals surface area (Å²) < 4.78 is 12.6. The van der Waals surface area contributed by atoms with E-state index in [0.29, 0.717) is 0 Å². The molecule has 2 aliphatic heterocycles. The van der Waals surface area contributed by atoms with Gasteiger partial charge in [0.25, 0.3) is 0 Å². The lowest BCUT2D eigenvalue weighted by atomic mass is 9.75. The second-order valence-corrected chi connectivity index (χ2v) is 8.19. The van der Waals surface area contributed by atoms with E-state index in [-0.39, 0.29) is 22.3 Å². The monoisotopic (exact) mass is 269 g/mol. The molecule has 0 unspecified atom stereocenters. The Kier molecular flexibility index (Phi) is 3.57. The van der Waals surface area contributed by atoms with Gasteiger partial charge in [-0.25, -0.2) is 0 Å². The molecule has 0 bridgehead atoms. The van der Waals surface area contributed by atoms with E-state index < -0.39 is 0 Å². The van der Waals surface area contributed by atoms with Crippen LogP contribution in [-0.4, -0.2) is 42.0 Å². The first-order valence-corrected chi connectivity index (χ1v) is 7.56. The molecular formula is C16H31NO2. The van der Waals surface area contributed by atoms with Gasteiger partial charge in [0.1, 0.15) is 0 Å². The number of rotatable bonds is 1. The summed E-state index contributed by atoms with van der Waals surface area (Å²) in [6.45, 7) is 15.3. The van der Waals surface area contributed by atoms with E-state index in [1.54, 1.807) is 0 Å². The molecule has 2 aliphatic rings. The van der Waals surface area contributed by atoms with Crippen molar-refractivity contribution in [3.05, 3.63) is 0 Å². The first-order chi connectivity index (χ1) is 8.54. The lowest BCUT2D eigenvalue weighted by Gasteiger charge is -2.59. The van der Waals surface area contributed by atoms with E-state index in [4.69, 9.17) is 9.47 Å². The first kappa shape index (κ1) is 15.3. The van der Waals surface area contributed by atoms with Crippen LogP contribution in [0.2, 0.25) is 0 Å². The van der Waals surface area contributed by atoms with Crippen LogP contribution in [0.5, 0.6) is 0 Å². The predicted octanol–water partition coefficient (Wildman–Crippen LogP) is 3.43. The van der Waals surface area contributed by atoms with Crippen LogP contribution in [0.3, 0.4) is 0 Å². The van der Waals surface area contributed by atoms with Crippen LogP contribution in [-0.2, 0) is 9.47 Å². The van der Waals surface area contributed by atoms with E-state index in [1.807, 2.05) is 0 Å². The molecule has 2 rings (SSSR count). The minimum absolute atomic E-state index is 0.0989. The van der Waals surface area contributed by atoms with Gasteiger partial charge in [0.2, 0.25) is 0 Å². The quantitative estimate of drug-likeness (QED) is 0.728. The molecule has 2 saturated heterocycles. The Bertz CT molecular complexity index is 321. The highest BCUT2D eigenvalue weighted by molar-refractivity contribution is 5.03. The minimum atomic E-state index is -0.381. The molecule has 3 nitrogen and oxygen atoms in total. The predicted molar refractivity (Wildman–Crippen MR) is 78.2 cm³/mol. The average molecular weight is 269 g/mol. The van der Waals surface area contributed by atoms with Crippen molar-refractivity contribution >= 4 is 0 Å². The summed E-state index contributed by atoms with van der Waals surface area (Å²) in [6.07, 6.45) is 3.00. The van der Waals surface area contributed by atoms with Crippen LogP contribution in [0.1, 0.15) is 60.8 Å². The normalized spacial score (nSPS) is 32.4. The Morgan fingerprint density at radius 3 is 1.68 bits per heavy atom. The van der Waals surface area contributed by atoms with Gasteiger partial charge in [-0.2, -0.15) is 0 Å². The van der Waals surface area contributed by atoms with Crippen molar-refractivity contribution in [1.29, 1.82) is 0 Å². The minimum Gasteiger partial charge on any atom is -0.349 e. The molecule has 0 atom stereocenters. The maximum absolute atomic E-state index is 6.28. The van der Waals surface area contributed by atoms with Crippen LogP contribution < -0.4 is 0 Å². The Balaban J connectivity index is 2.18. The molecule has 0 aromatic rings. The van der Waals surface area contributed by atoms with E-state index in [1.165, 1.54) is 0 Å². The number of likely N-dealkylation sites (tertiary alicyclic amines) is 1. The molecule has 0 aromatic heterocycles. The highest BCUT2D eigenvalue weighted by Gasteiger charge is 2.54. The van der Waals surface area contributed by atoms with Crippen molar-refractivity contribution < 1.29 is 9.47 Å². The summed E-state index contributed by atoms with van der Waals surface area (Å²) in [5, 5.41) is 0. The van der Waals surface area contributed by atoms with Crippen molar-refractivity contribution in [2.75, 3.05) is 20.3 Å². The zero-order chi connectivity index (χ0) is 14.5. The molecule has 2 fully saturated rings. The zero-order valence-corrected chi connectivity index (χ0v) is 13.8. The van der Waals surface area contributed by atoms with Crippen molar-refractivity contribution in [2.45, 2.75) is 77.7 Å². The summed E-state index contributed by atoms with van der Waals surface area (Å²) in [5.41, 5.74) is 0.381. The van der Waals surface area contributed by atoms with Crippen molar-refractivity contribution in [3.63, 3.8) is 0 Å². The SMILES string of the molecule is CCC1(C)COC2(CC(C)(C)N(C)C(C)(C)C2)OC1. The molecule has 2 heterocycles. The molecule has 0 aromatic carbocycles. The first-order valence-electron chi connectivity index (χ1n) is 7.56. The molecular weight excluding hydrogens is 238 g/mol. The Morgan fingerprint density at radius 2 is 1.32 bits per heavy atom. The largest absolute Gasteiger partial charge is 0.349 e. The summed E-state index contributed by atoms with van der Waals surface area (Å²) >= 11 is 0. The topological polar surface area (TPSA) is 21.7 Å². The molecule has 0 amide bonds. The van der Waals surface area contributed by atoms with Gasteiger partial charge >= 0.3 is 0 Å². The molecule has 19 heavy (non-hydrogen) atoms. The standard InChI is InChI=1S/C16H31NO2/c1-8-15(6)11-18-16(19-12-15)9-13(2,3)17(7)14(4,5)10-16/h8-12H2,1-7H3. The van der Waals surface area contributed by atoms with Gasteiger partial charge in [-0.15, -0.1) is 0 Å². The van der Waals surface area contributed by atoms with E-state index in [0.717, 1.165) is 32.5 Å². The van der Waals surface area contributed by atoms with Gasteiger partial charge in [0.15, 0.2) is 5.79 Å². The van der Waals surface area contributed by atoms with Crippen molar-refractivity contribution in [3.8, 4) is 0 Å². The van der Waals surface area contributed by atoms with Gasteiger partial charge in [-0.05, 0) is 41.2 Å². The second kappa shape index (κ2) is 4.44. The van der Waals surface area contributed by atoms with Crippen LogP contribution in [0.15, 0.2) is 0 Å². The molecule has 3 heteroatoms. The fraction of sp³-hybridized carbons (Fsp3) is 1.00. The molecule has 1 spiro atoms. The third kappa shape index (κ3) is 2.70. The number of hydrogen-bond acceptors (Lipinski definition) is 3. The number of nitrogens with zero attached hydrogens (tertiary/aromatic N) is 1. The summed E-state index contributed by atoms with van der Waals surface area (Å²) in [4.78, 5) is 2.46. The summed E-state index contributed by atoms with van der Waals surface area (Å²) in [5.74, 6) is -0.381. The third-order valence-electron chi connectivity index (χ3n) is 5.44. The molecule has 0 radical (unpaired) electrons.